The van der Waals surface area contributed by atoms with Gasteiger partial charge in [-0.15, -0.1) is 0 Å². The lowest BCUT2D eigenvalue weighted by atomic mass is 10.2. The fraction of sp³-hybridized carbons (Fsp3) is 0.412. The van der Waals surface area contributed by atoms with Gasteiger partial charge >= 0.3 is 0 Å². The smallest absolute Gasteiger partial charge is 0.275 e. The van der Waals surface area contributed by atoms with Gasteiger partial charge in [-0.3, -0.25) is 14.4 Å². The van der Waals surface area contributed by atoms with Gasteiger partial charge in [0.1, 0.15) is 6.54 Å². The van der Waals surface area contributed by atoms with E-state index in [0.29, 0.717) is 11.9 Å². The minimum absolute atomic E-state index is 0.0103. The molecule has 1 aromatic heterocycles. The summed E-state index contributed by atoms with van der Waals surface area (Å²) in [6.07, 6.45) is 1.56. The average Bonchev–Trinajstić information content (AvgIpc) is 2.54. The Morgan fingerprint density at radius 1 is 1.29 bits per heavy atom. The molecule has 1 heterocycles. The van der Waals surface area contributed by atoms with E-state index in [2.05, 4.69) is 10.4 Å². The predicted octanol–water partition coefficient (Wildman–Crippen LogP) is 0.770. The van der Waals surface area contributed by atoms with Crippen LogP contribution in [0.2, 0.25) is 0 Å². The molecule has 1 N–H and O–H groups in total. The first kappa shape index (κ1) is 17.7. The van der Waals surface area contributed by atoms with Crippen molar-refractivity contribution in [2.75, 3.05) is 13.1 Å². The molecule has 0 aliphatic heterocycles. The van der Waals surface area contributed by atoms with Gasteiger partial charge in [-0.25, -0.2) is 4.68 Å². The summed E-state index contributed by atoms with van der Waals surface area (Å²) < 4.78 is 1.13. The topological polar surface area (TPSA) is 84.3 Å². The minimum Gasteiger partial charge on any atom is -0.352 e. The predicted molar refractivity (Wildman–Crippen MR) is 91.5 cm³/mol. The first-order chi connectivity index (χ1) is 11.4. The number of aromatic nitrogens is 2. The molecule has 1 aromatic carbocycles. The number of amides is 2. The highest BCUT2D eigenvalue weighted by Gasteiger charge is 2.17. The van der Waals surface area contributed by atoms with Crippen LogP contribution in [0.5, 0.6) is 0 Å². The summed E-state index contributed by atoms with van der Waals surface area (Å²) in [6, 6.07) is 7.10. The molecule has 0 unspecified atom stereocenters. The van der Waals surface area contributed by atoms with Gasteiger partial charge in [0, 0.05) is 18.0 Å². The minimum atomic E-state index is -0.318. The van der Waals surface area contributed by atoms with Crippen LogP contribution in [0.3, 0.4) is 0 Å². The normalized spacial score (nSPS) is 10.8. The zero-order valence-corrected chi connectivity index (χ0v) is 14.2. The summed E-state index contributed by atoms with van der Waals surface area (Å²) in [5.41, 5.74) is -0.316. The van der Waals surface area contributed by atoms with Crippen molar-refractivity contribution in [3.8, 4) is 0 Å². The molecule has 2 amide bonds. The Labute approximate surface area is 140 Å². The van der Waals surface area contributed by atoms with Crippen LogP contribution in [-0.4, -0.2) is 45.6 Å². The molecule has 7 nitrogen and oxygen atoms in total. The molecular weight excluding hydrogens is 308 g/mol. The number of fused-ring (bicyclic) bond motifs is 1. The number of nitrogens with one attached hydrogen (secondary N) is 1. The monoisotopic (exact) mass is 330 g/mol. The molecule has 0 radical (unpaired) electrons. The molecule has 2 rings (SSSR count). The fourth-order valence-corrected chi connectivity index (χ4v) is 2.39. The van der Waals surface area contributed by atoms with Crippen LogP contribution in [0.1, 0.15) is 20.8 Å². The third kappa shape index (κ3) is 4.18. The SMILES string of the molecule is CCN(CC(=O)NC(C)C)C(=O)Cn1ncc2ccccc2c1=O. The number of likely N-dealkylation sites (N-methyl/N-ethyl adjacent to an activating group) is 1. The summed E-state index contributed by atoms with van der Waals surface area (Å²) >= 11 is 0. The number of nitrogens with zero attached hydrogens (tertiary/aromatic N) is 3. The van der Waals surface area contributed by atoms with Gasteiger partial charge in [0.15, 0.2) is 0 Å². The Morgan fingerprint density at radius 3 is 2.67 bits per heavy atom. The summed E-state index contributed by atoms with van der Waals surface area (Å²) in [7, 11) is 0. The Kier molecular flexibility index (Phi) is 5.68. The molecule has 24 heavy (non-hydrogen) atoms. The Bertz CT molecular complexity index is 798. The highest BCUT2D eigenvalue weighted by molar-refractivity contribution is 5.85. The van der Waals surface area contributed by atoms with Gasteiger partial charge in [0.2, 0.25) is 11.8 Å². The van der Waals surface area contributed by atoms with Crippen molar-refractivity contribution in [2.24, 2.45) is 0 Å². The molecular formula is C17H22N4O3. The first-order valence-electron chi connectivity index (χ1n) is 7.94. The number of carbonyl (C=O) groups excluding carboxylic acids is 2. The molecule has 2 aromatic rings. The quantitative estimate of drug-likeness (QED) is 0.848. The van der Waals surface area contributed by atoms with E-state index in [1.54, 1.807) is 31.3 Å². The second-order valence-electron chi connectivity index (χ2n) is 5.82. The lowest BCUT2D eigenvalue weighted by Gasteiger charge is -2.21. The molecule has 0 saturated carbocycles. The van der Waals surface area contributed by atoms with Crippen LogP contribution in [0, 0.1) is 0 Å². The zero-order chi connectivity index (χ0) is 17.7. The third-order valence-corrected chi connectivity index (χ3v) is 3.57. The summed E-state index contributed by atoms with van der Waals surface area (Å²) in [5, 5.41) is 8.04. The van der Waals surface area contributed by atoms with Crippen molar-refractivity contribution < 1.29 is 9.59 Å². The van der Waals surface area contributed by atoms with Gasteiger partial charge in [-0.2, -0.15) is 5.10 Å². The number of hydrogen-bond acceptors (Lipinski definition) is 4. The van der Waals surface area contributed by atoms with Gasteiger partial charge in [0.05, 0.1) is 18.1 Å². The van der Waals surface area contributed by atoms with Crippen molar-refractivity contribution in [3.05, 3.63) is 40.8 Å². The van der Waals surface area contributed by atoms with Crippen LogP contribution in [0.4, 0.5) is 0 Å². The van der Waals surface area contributed by atoms with E-state index >= 15 is 0 Å². The fourth-order valence-electron chi connectivity index (χ4n) is 2.39. The van der Waals surface area contributed by atoms with Crippen LogP contribution >= 0.6 is 0 Å². The van der Waals surface area contributed by atoms with E-state index in [9.17, 15) is 14.4 Å². The van der Waals surface area contributed by atoms with Gasteiger partial charge < -0.3 is 10.2 Å². The van der Waals surface area contributed by atoms with Gasteiger partial charge in [-0.05, 0) is 26.8 Å². The molecule has 0 aliphatic carbocycles. The number of carbonyl (C=O) groups is 2. The second kappa shape index (κ2) is 7.72. The molecule has 0 bridgehead atoms. The highest BCUT2D eigenvalue weighted by Crippen LogP contribution is 2.06. The lowest BCUT2D eigenvalue weighted by Crippen LogP contribution is -2.44. The maximum absolute atomic E-state index is 12.4. The van der Waals surface area contributed by atoms with Gasteiger partial charge in [-0.1, -0.05) is 18.2 Å². The van der Waals surface area contributed by atoms with E-state index in [1.165, 1.54) is 4.90 Å². The van der Waals surface area contributed by atoms with Crippen LogP contribution in [0.15, 0.2) is 35.3 Å². The van der Waals surface area contributed by atoms with Crippen molar-refractivity contribution >= 4 is 22.6 Å². The highest BCUT2D eigenvalue weighted by atomic mass is 16.2. The second-order valence-corrected chi connectivity index (χ2v) is 5.82. The molecule has 7 heteroatoms. The Hall–Kier alpha value is -2.70. The third-order valence-electron chi connectivity index (χ3n) is 3.57. The molecule has 0 fully saturated rings. The number of benzene rings is 1. The number of rotatable bonds is 6. The number of hydrogen-bond donors (Lipinski definition) is 1. The average molecular weight is 330 g/mol. The Balaban J connectivity index is 2.14. The summed E-state index contributed by atoms with van der Waals surface area (Å²) in [4.78, 5) is 38.0. The molecule has 0 atom stereocenters. The standard InChI is InChI=1S/C17H22N4O3/c1-4-20(10-15(22)19-12(2)3)16(23)11-21-17(24)14-8-6-5-7-13(14)9-18-21/h5-9,12H,4,10-11H2,1-3H3,(H,19,22). The van der Waals surface area contributed by atoms with E-state index in [0.717, 1.165) is 10.1 Å². The van der Waals surface area contributed by atoms with Gasteiger partial charge in [0.25, 0.3) is 5.56 Å². The molecule has 128 valence electrons. The summed E-state index contributed by atoms with van der Waals surface area (Å²) in [5.74, 6) is -0.541. The van der Waals surface area contributed by atoms with Crippen molar-refractivity contribution in [3.63, 3.8) is 0 Å². The maximum Gasteiger partial charge on any atom is 0.275 e. The lowest BCUT2D eigenvalue weighted by molar-refractivity contribution is -0.136. The van der Waals surface area contributed by atoms with E-state index in [4.69, 9.17) is 0 Å². The van der Waals surface area contributed by atoms with Crippen molar-refractivity contribution in [2.45, 2.75) is 33.4 Å². The van der Waals surface area contributed by atoms with Crippen molar-refractivity contribution in [1.29, 1.82) is 0 Å². The van der Waals surface area contributed by atoms with Crippen LogP contribution < -0.4 is 10.9 Å². The first-order valence-corrected chi connectivity index (χ1v) is 7.94. The molecule has 0 saturated heterocycles. The summed E-state index contributed by atoms with van der Waals surface area (Å²) in [6.45, 7) is 5.66. The van der Waals surface area contributed by atoms with Crippen LogP contribution in [0.25, 0.3) is 10.8 Å². The largest absolute Gasteiger partial charge is 0.352 e. The van der Waals surface area contributed by atoms with E-state index in [-0.39, 0.29) is 36.5 Å². The maximum atomic E-state index is 12.4. The molecule has 0 aliphatic rings. The van der Waals surface area contributed by atoms with E-state index < -0.39 is 0 Å². The van der Waals surface area contributed by atoms with Crippen LogP contribution in [-0.2, 0) is 16.1 Å². The zero-order valence-electron chi connectivity index (χ0n) is 14.2. The van der Waals surface area contributed by atoms with E-state index in [1.807, 2.05) is 19.9 Å². The van der Waals surface area contributed by atoms with Crippen molar-refractivity contribution in [1.82, 2.24) is 20.0 Å². The molecule has 0 spiro atoms. The Morgan fingerprint density at radius 2 is 2.00 bits per heavy atom.